The summed E-state index contributed by atoms with van der Waals surface area (Å²) in [5.74, 6) is -0.424. The number of carbonyl (C=O) groups excluding carboxylic acids is 1. The molecule has 3 nitrogen and oxygen atoms in total. The molecule has 42 heavy (non-hydrogen) atoms. The molecule has 4 heteroatoms. The van der Waals surface area contributed by atoms with Crippen LogP contribution in [0, 0.1) is 6.92 Å². The monoisotopic (exact) mass is 670 g/mol. The molecule has 0 amide bonds. The molecule has 4 aromatic carbocycles. The van der Waals surface area contributed by atoms with Crippen molar-refractivity contribution in [2.24, 2.45) is 0 Å². The van der Waals surface area contributed by atoms with Gasteiger partial charge in [-0.05, 0) is 0 Å². The van der Waals surface area contributed by atoms with Crippen LogP contribution in [0.5, 0.6) is 5.75 Å². The normalized spacial score (nSPS) is 12.6. The van der Waals surface area contributed by atoms with Crippen LogP contribution < -0.4 is 0 Å². The standard InChI is InChI=1S/3C10H13.C8H8O3.Sn/c3*1-10(2,3)9-7-5-4-6-8-9;1-5-2-3-6(8(10)11)7(9)4-5;/h3*4-8H,1H2,2-3H3;2-4,9H,1H3,(H,10,11);/q;;;;+1/p-1. The van der Waals surface area contributed by atoms with Gasteiger partial charge in [0.1, 0.15) is 0 Å². The first-order valence-electron chi connectivity index (χ1n) is 14.9. The molecule has 0 fully saturated rings. The summed E-state index contributed by atoms with van der Waals surface area (Å²) in [5.41, 5.74) is 4.24. The van der Waals surface area contributed by atoms with Gasteiger partial charge in [0.25, 0.3) is 0 Å². The summed E-state index contributed by atoms with van der Waals surface area (Å²) in [6, 6.07) is 37.0. The molecule has 0 aliphatic carbocycles. The Balaban J connectivity index is 1.89. The predicted octanol–water partition coefficient (Wildman–Crippen LogP) is 9.74. The summed E-state index contributed by atoms with van der Waals surface area (Å²) in [5, 5.41) is 10.8. The number of phenols is 1. The number of aromatic hydroxyl groups is 1. The molecule has 220 valence electrons. The summed E-state index contributed by atoms with van der Waals surface area (Å²) in [7, 11) is 0. The minimum atomic E-state index is -4.07. The second-order valence-electron chi connectivity index (χ2n) is 13.9. The minimum absolute atomic E-state index is 0.0212. The van der Waals surface area contributed by atoms with Crippen molar-refractivity contribution >= 4 is 24.8 Å². The number of hydrogen-bond acceptors (Lipinski definition) is 3. The fourth-order valence-corrected chi connectivity index (χ4v) is 25.4. The molecule has 0 aliphatic heterocycles. The number of hydrogen-bond donors (Lipinski definition) is 1. The number of aryl methyl sites for hydroxylation is 1. The third-order valence-electron chi connectivity index (χ3n) is 8.64. The molecule has 1 N–H and O–H groups in total. The van der Waals surface area contributed by atoms with E-state index in [4.69, 9.17) is 3.07 Å². The van der Waals surface area contributed by atoms with Crippen LogP contribution in [0.15, 0.2) is 109 Å². The molecule has 4 rings (SSSR count). The molecule has 0 saturated heterocycles. The molecular formula is C38H46O3Sn. The summed E-state index contributed by atoms with van der Waals surface area (Å²) in [6.07, 6.45) is 0. The first-order chi connectivity index (χ1) is 19.7. The van der Waals surface area contributed by atoms with Crippen LogP contribution in [-0.4, -0.2) is 29.9 Å². The van der Waals surface area contributed by atoms with E-state index >= 15 is 0 Å². The van der Waals surface area contributed by atoms with Crippen LogP contribution in [0.3, 0.4) is 0 Å². The van der Waals surface area contributed by atoms with Crippen LogP contribution in [0.2, 0.25) is 13.3 Å². The van der Waals surface area contributed by atoms with Crippen LogP contribution in [0.1, 0.15) is 74.2 Å². The van der Waals surface area contributed by atoms with Gasteiger partial charge in [0, 0.05) is 0 Å². The van der Waals surface area contributed by atoms with Gasteiger partial charge in [0.05, 0.1) is 0 Å². The Labute approximate surface area is 257 Å². The fraction of sp³-hybridized carbons (Fsp3) is 0.342. The van der Waals surface area contributed by atoms with Gasteiger partial charge >= 0.3 is 259 Å². The van der Waals surface area contributed by atoms with E-state index in [1.54, 1.807) is 12.1 Å². The van der Waals surface area contributed by atoms with Crippen molar-refractivity contribution in [2.45, 2.75) is 78.0 Å². The molecule has 0 radical (unpaired) electrons. The molecule has 0 aromatic heterocycles. The second-order valence-corrected chi connectivity index (χ2v) is 24.2. The maximum atomic E-state index is 14.1. The van der Waals surface area contributed by atoms with Gasteiger partial charge in [-0.3, -0.25) is 0 Å². The Bertz CT molecular complexity index is 1350. The van der Waals surface area contributed by atoms with Gasteiger partial charge in [-0.25, -0.2) is 0 Å². The number of benzene rings is 4. The van der Waals surface area contributed by atoms with Gasteiger partial charge in [-0.15, -0.1) is 0 Å². The zero-order valence-corrected chi connectivity index (χ0v) is 29.1. The van der Waals surface area contributed by atoms with E-state index in [9.17, 15) is 9.90 Å². The van der Waals surface area contributed by atoms with E-state index in [1.807, 2.05) is 31.2 Å². The van der Waals surface area contributed by atoms with E-state index in [-0.39, 0.29) is 27.6 Å². The number of phenolic OH excluding ortho intramolecular Hbond substituents is 1. The van der Waals surface area contributed by atoms with E-state index < -0.39 is 24.8 Å². The van der Waals surface area contributed by atoms with Crippen LogP contribution in [0.25, 0.3) is 0 Å². The quantitative estimate of drug-likeness (QED) is 0.162. The molecule has 0 bridgehead atoms. The van der Waals surface area contributed by atoms with Crippen molar-refractivity contribution in [3.63, 3.8) is 0 Å². The van der Waals surface area contributed by atoms with Crippen LogP contribution in [-0.2, 0) is 19.3 Å². The molecular weight excluding hydrogens is 623 g/mol. The van der Waals surface area contributed by atoms with Crippen molar-refractivity contribution in [1.82, 2.24) is 0 Å². The Morgan fingerprint density at radius 3 is 1.31 bits per heavy atom. The molecule has 0 atom stereocenters. The molecule has 4 aromatic rings. The van der Waals surface area contributed by atoms with E-state index in [1.165, 1.54) is 16.7 Å². The van der Waals surface area contributed by atoms with Gasteiger partial charge < -0.3 is 0 Å². The SMILES string of the molecule is Cc1ccc(C(=O)[O][Sn]([CH2]C(C)(C)c2ccccc2)([CH2]C(C)(C)c2ccccc2)[CH2]C(C)(C)c2ccccc2)c(O)c1. The maximum absolute atomic E-state index is 14.1. The second kappa shape index (κ2) is 12.7. The van der Waals surface area contributed by atoms with E-state index in [2.05, 4.69) is 114 Å². The van der Waals surface area contributed by atoms with Crippen molar-refractivity contribution in [2.75, 3.05) is 0 Å². The summed E-state index contributed by atoms with van der Waals surface area (Å²) < 4.78 is 9.48. The molecule has 0 saturated carbocycles. The average Bonchev–Trinajstić information content (AvgIpc) is 2.93. The first-order valence-corrected chi connectivity index (χ1v) is 22.1. The van der Waals surface area contributed by atoms with Crippen molar-refractivity contribution in [3.05, 3.63) is 137 Å². The molecule has 0 unspecified atom stereocenters. The van der Waals surface area contributed by atoms with Gasteiger partial charge in [0.2, 0.25) is 0 Å². The van der Waals surface area contributed by atoms with E-state index in [0.29, 0.717) is 0 Å². The summed E-state index contributed by atoms with van der Waals surface area (Å²) in [6.45, 7) is 15.6. The van der Waals surface area contributed by atoms with Crippen LogP contribution >= 0.6 is 0 Å². The number of carbonyl (C=O) groups is 1. The van der Waals surface area contributed by atoms with Crippen molar-refractivity contribution < 1.29 is 13.0 Å². The molecule has 0 heterocycles. The summed E-state index contributed by atoms with van der Waals surface area (Å²) in [4.78, 5) is 14.1. The topological polar surface area (TPSA) is 46.5 Å². The Morgan fingerprint density at radius 2 is 0.976 bits per heavy atom. The van der Waals surface area contributed by atoms with Gasteiger partial charge in [0.15, 0.2) is 0 Å². The number of rotatable bonds is 11. The predicted molar refractivity (Wildman–Crippen MR) is 177 cm³/mol. The van der Waals surface area contributed by atoms with E-state index in [0.717, 1.165) is 18.9 Å². The fourth-order valence-electron chi connectivity index (χ4n) is 6.75. The Morgan fingerprint density at radius 1 is 0.619 bits per heavy atom. The zero-order chi connectivity index (χ0) is 30.6. The molecule has 0 spiro atoms. The first kappa shape index (κ1) is 31.9. The van der Waals surface area contributed by atoms with Crippen molar-refractivity contribution in [3.8, 4) is 5.75 Å². The Kier molecular flexibility index (Phi) is 9.61. The zero-order valence-electron chi connectivity index (χ0n) is 26.3. The average molecular weight is 669 g/mol. The van der Waals surface area contributed by atoms with Gasteiger partial charge in [-0.2, -0.15) is 0 Å². The third kappa shape index (κ3) is 7.66. The third-order valence-corrected chi connectivity index (χ3v) is 23.5. The van der Waals surface area contributed by atoms with Crippen LogP contribution in [0.4, 0.5) is 0 Å². The summed E-state index contributed by atoms with van der Waals surface area (Å²) >= 11 is -4.07. The van der Waals surface area contributed by atoms with Gasteiger partial charge in [-0.1, -0.05) is 0 Å². The van der Waals surface area contributed by atoms with Crippen molar-refractivity contribution in [1.29, 1.82) is 0 Å². The molecule has 0 aliphatic rings. The Hall–Kier alpha value is -3.05.